The van der Waals surface area contributed by atoms with Crippen molar-refractivity contribution in [1.29, 1.82) is 0 Å². The quantitative estimate of drug-likeness (QED) is 0.363. The van der Waals surface area contributed by atoms with Crippen LogP contribution in [0.2, 0.25) is 0 Å². The van der Waals surface area contributed by atoms with Crippen LogP contribution in [0.1, 0.15) is 66.5 Å². The van der Waals surface area contributed by atoms with Gasteiger partial charge in [-0.2, -0.15) is 0 Å². The smallest absolute Gasteiger partial charge is 0.152 e. The Labute approximate surface area is 228 Å². The Hall–Kier alpha value is -3.53. The lowest BCUT2D eigenvalue weighted by molar-refractivity contribution is -0.0476. The van der Waals surface area contributed by atoms with Gasteiger partial charge in [0.25, 0.3) is 0 Å². The molecule has 2 unspecified atom stereocenters. The molecule has 0 saturated heterocycles. The Morgan fingerprint density at radius 2 is 1.97 bits per heavy atom. The first kappa shape index (κ1) is 25.7. The van der Waals surface area contributed by atoms with Crippen LogP contribution >= 0.6 is 0 Å². The molecule has 0 fully saturated rings. The number of aliphatic hydroxyl groups is 2. The molecule has 0 spiro atoms. The van der Waals surface area contributed by atoms with Gasteiger partial charge in [0.05, 0.1) is 7.11 Å². The summed E-state index contributed by atoms with van der Waals surface area (Å²) in [7, 11) is 3.46. The first-order valence-corrected chi connectivity index (χ1v) is 13.4. The van der Waals surface area contributed by atoms with E-state index in [-0.39, 0.29) is 24.0 Å². The Kier molecular flexibility index (Phi) is 6.53. The van der Waals surface area contributed by atoms with E-state index < -0.39 is 6.29 Å². The minimum absolute atomic E-state index is 0.155. The normalized spacial score (nSPS) is 19.4. The molecule has 2 aliphatic rings. The molecule has 1 aliphatic heterocycles. The topological polar surface area (TPSA) is 106 Å². The first-order valence-electron chi connectivity index (χ1n) is 13.4. The maximum Gasteiger partial charge on any atom is 0.152 e. The molecule has 9 nitrogen and oxygen atoms in total. The minimum Gasteiger partial charge on any atom is -0.494 e. The van der Waals surface area contributed by atoms with E-state index in [1.807, 2.05) is 31.4 Å². The standard InChI is InChI=1S/C30H35N5O4/c1-30(2)17-35(16-21-15-31-10-9-26(21)39-30)25-8-7-18-5-6-19(11-23(18)25)22(14-28(36)37)20-12-24-29(27(13-20)38-4)34(3)33-32-24/h5-6,9-13,15,22,25,28,36-37H,7-8,14,16-17H2,1-4H3. The molecule has 1 aliphatic carbocycles. The van der Waals surface area contributed by atoms with Crippen LogP contribution < -0.4 is 9.47 Å². The van der Waals surface area contributed by atoms with E-state index in [9.17, 15) is 10.2 Å². The van der Waals surface area contributed by atoms with Crippen molar-refractivity contribution < 1.29 is 19.7 Å². The van der Waals surface area contributed by atoms with Crippen LogP contribution in [-0.2, 0) is 20.0 Å². The summed E-state index contributed by atoms with van der Waals surface area (Å²) in [4.78, 5) is 6.86. The van der Waals surface area contributed by atoms with Crippen molar-refractivity contribution in [3.05, 3.63) is 76.6 Å². The van der Waals surface area contributed by atoms with Crippen LogP contribution in [0.15, 0.2) is 48.8 Å². The SMILES string of the molecule is COc1cc(C(CC(O)O)c2ccc3c(c2)C(N2Cc4cnccc4OC(C)(C)C2)CC3)cc2nnn(C)c12. The molecule has 9 heteroatoms. The molecule has 204 valence electrons. The molecule has 2 N–H and O–H groups in total. The average Bonchev–Trinajstić information content (AvgIpc) is 3.46. The van der Waals surface area contributed by atoms with Gasteiger partial charge in [-0.25, -0.2) is 4.68 Å². The fourth-order valence-electron chi connectivity index (χ4n) is 6.35. The van der Waals surface area contributed by atoms with E-state index in [4.69, 9.17) is 9.47 Å². The highest BCUT2D eigenvalue weighted by atomic mass is 16.5. The van der Waals surface area contributed by atoms with Crippen LogP contribution in [0.25, 0.3) is 11.0 Å². The van der Waals surface area contributed by atoms with Crippen molar-refractivity contribution >= 4 is 11.0 Å². The van der Waals surface area contributed by atoms with Crippen molar-refractivity contribution in [2.75, 3.05) is 13.7 Å². The zero-order valence-electron chi connectivity index (χ0n) is 22.8. The number of nitrogens with zero attached hydrogens (tertiary/aromatic N) is 5. The van der Waals surface area contributed by atoms with Gasteiger partial charge in [0, 0.05) is 56.5 Å². The summed E-state index contributed by atoms with van der Waals surface area (Å²) in [5, 5.41) is 28.6. The van der Waals surface area contributed by atoms with Gasteiger partial charge >= 0.3 is 0 Å². The number of benzene rings is 2. The fourth-order valence-corrected chi connectivity index (χ4v) is 6.35. The van der Waals surface area contributed by atoms with Crippen LogP contribution in [0, 0.1) is 0 Å². The van der Waals surface area contributed by atoms with E-state index in [1.54, 1.807) is 18.0 Å². The Bertz CT molecular complexity index is 1510. The molecule has 0 amide bonds. The molecule has 2 atom stereocenters. The van der Waals surface area contributed by atoms with Crippen LogP contribution in [0.3, 0.4) is 0 Å². The van der Waals surface area contributed by atoms with E-state index in [0.29, 0.717) is 11.3 Å². The van der Waals surface area contributed by atoms with E-state index in [2.05, 4.69) is 52.2 Å². The molecular weight excluding hydrogens is 494 g/mol. The van der Waals surface area contributed by atoms with Crippen molar-refractivity contribution in [2.45, 2.75) is 63.5 Å². The van der Waals surface area contributed by atoms with Gasteiger partial charge in [-0.15, -0.1) is 5.10 Å². The number of aromatic nitrogens is 4. The highest BCUT2D eigenvalue weighted by molar-refractivity contribution is 5.82. The molecule has 0 radical (unpaired) electrons. The molecular formula is C30H35N5O4. The Morgan fingerprint density at radius 3 is 2.77 bits per heavy atom. The summed E-state index contributed by atoms with van der Waals surface area (Å²) in [5.41, 5.74) is 6.83. The molecule has 0 bridgehead atoms. The zero-order valence-corrected chi connectivity index (χ0v) is 22.8. The van der Waals surface area contributed by atoms with Gasteiger partial charge in [-0.05, 0) is 67.1 Å². The minimum atomic E-state index is -1.46. The van der Waals surface area contributed by atoms with Crippen LogP contribution in [0.5, 0.6) is 11.5 Å². The molecule has 39 heavy (non-hydrogen) atoms. The molecule has 3 heterocycles. The van der Waals surface area contributed by atoms with Gasteiger partial charge in [0.15, 0.2) is 6.29 Å². The summed E-state index contributed by atoms with van der Waals surface area (Å²) in [6, 6.07) is 12.7. The second-order valence-corrected chi connectivity index (χ2v) is 11.3. The maximum atomic E-state index is 10.1. The molecule has 2 aromatic heterocycles. The number of pyridine rings is 1. The number of fused-ring (bicyclic) bond motifs is 3. The second kappa shape index (κ2) is 9.89. The highest BCUT2D eigenvalue weighted by Gasteiger charge is 2.36. The van der Waals surface area contributed by atoms with E-state index >= 15 is 0 Å². The molecule has 4 aromatic rings. The number of hydrogen-bond donors (Lipinski definition) is 2. The number of ether oxygens (including phenoxy) is 2. The number of rotatable bonds is 6. The number of aryl methyl sites for hydroxylation is 2. The third-order valence-corrected chi connectivity index (χ3v) is 8.02. The second-order valence-electron chi connectivity index (χ2n) is 11.3. The monoisotopic (exact) mass is 529 g/mol. The zero-order chi connectivity index (χ0) is 27.3. The summed E-state index contributed by atoms with van der Waals surface area (Å²) in [5.74, 6) is 1.30. The van der Waals surface area contributed by atoms with E-state index in [1.165, 1.54) is 11.1 Å². The maximum absolute atomic E-state index is 10.1. The third kappa shape index (κ3) is 4.86. The number of hydrogen-bond acceptors (Lipinski definition) is 8. The number of aliphatic hydroxyl groups excluding tert-OH is 1. The van der Waals surface area contributed by atoms with Crippen molar-refractivity contribution in [3.8, 4) is 11.5 Å². The molecule has 0 saturated carbocycles. The number of methoxy groups -OCH3 is 1. The van der Waals surface area contributed by atoms with Gasteiger partial charge in [0.2, 0.25) is 0 Å². The van der Waals surface area contributed by atoms with Gasteiger partial charge < -0.3 is 19.7 Å². The van der Waals surface area contributed by atoms with Crippen LogP contribution in [0.4, 0.5) is 0 Å². The Balaban J connectivity index is 1.39. The van der Waals surface area contributed by atoms with Crippen molar-refractivity contribution in [3.63, 3.8) is 0 Å². The summed E-state index contributed by atoms with van der Waals surface area (Å²) in [6.45, 7) is 5.82. The van der Waals surface area contributed by atoms with Gasteiger partial charge in [-0.3, -0.25) is 9.88 Å². The largest absolute Gasteiger partial charge is 0.494 e. The predicted molar refractivity (Wildman–Crippen MR) is 147 cm³/mol. The Morgan fingerprint density at radius 1 is 1.13 bits per heavy atom. The molecule has 2 aromatic carbocycles. The van der Waals surface area contributed by atoms with Crippen molar-refractivity contribution in [1.82, 2.24) is 24.9 Å². The van der Waals surface area contributed by atoms with Gasteiger partial charge in [0.1, 0.15) is 28.1 Å². The predicted octanol–water partition coefficient (Wildman–Crippen LogP) is 3.87. The highest BCUT2D eigenvalue weighted by Crippen LogP contribution is 2.43. The lowest BCUT2D eigenvalue weighted by Crippen LogP contribution is -2.41. The summed E-state index contributed by atoms with van der Waals surface area (Å²) >= 11 is 0. The lowest BCUT2D eigenvalue weighted by atomic mass is 9.86. The fraction of sp³-hybridized carbons (Fsp3) is 0.433. The van der Waals surface area contributed by atoms with E-state index in [0.717, 1.165) is 53.9 Å². The van der Waals surface area contributed by atoms with Gasteiger partial charge in [-0.1, -0.05) is 23.4 Å². The molecule has 6 rings (SSSR count). The third-order valence-electron chi connectivity index (χ3n) is 8.02. The summed E-state index contributed by atoms with van der Waals surface area (Å²) < 4.78 is 13.8. The first-order chi connectivity index (χ1) is 18.7. The summed E-state index contributed by atoms with van der Waals surface area (Å²) in [6.07, 6.45) is 4.41. The lowest BCUT2D eigenvalue weighted by Gasteiger charge is -2.34. The van der Waals surface area contributed by atoms with Crippen LogP contribution in [-0.4, -0.2) is 60.6 Å². The average molecular weight is 530 g/mol. The van der Waals surface area contributed by atoms with Crippen molar-refractivity contribution in [2.24, 2.45) is 7.05 Å².